The maximum absolute atomic E-state index is 13.6. The normalized spacial score (nSPS) is 14.3. The van der Waals surface area contributed by atoms with Gasteiger partial charge >= 0.3 is 0 Å². The molecule has 1 heterocycles. The molecule has 1 N–H and O–H groups in total. The Hall–Kier alpha value is -2.01. The van der Waals surface area contributed by atoms with Crippen molar-refractivity contribution in [1.82, 2.24) is 15.3 Å². The lowest BCUT2D eigenvalue weighted by atomic mass is 10.0. The zero-order valence-corrected chi connectivity index (χ0v) is 11.3. The zero-order chi connectivity index (χ0) is 13.9. The Kier molecular flexibility index (Phi) is 3.60. The van der Waals surface area contributed by atoms with Crippen molar-refractivity contribution in [2.75, 3.05) is 7.11 Å². The molecule has 104 valence electrons. The standard InChI is InChI=1S/C15H16FN3O/c1-20-15-14(17-6-7-18-15)13-8-11(16)3-2-10(13)9-19-12-4-5-12/h2-3,6-8,12,19H,4-5,9H2,1H3. The monoisotopic (exact) mass is 273 g/mol. The molecule has 1 aromatic carbocycles. The van der Waals surface area contributed by atoms with Crippen LogP contribution in [0.2, 0.25) is 0 Å². The first-order chi connectivity index (χ1) is 9.78. The lowest BCUT2D eigenvalue weighted by Crippen LogP contribution is -2.16. The lowest BCUT2D eigenvalue weighted by molar-refractivity contribution is 0.397. The number of hydrogen-bond acceptors (Lipinski definition) is 4. The fourth-order valence-corrected chi connectivity index (χ4v) is 2.12. The Morgan fingerprint density at radius 1 is 1.30 bits per heavy atom. The van der Waals surface area contributed by atoms with E-state index in [1.165, 1.54) is 32.1 Å². The van der Waals surface area contributed by atoms with Crippen LogP contribution < -0.4 is 10.1 Å². The second-order valence-electron chi connectivity index (χ2n) is 4.87. The number of benzene rings is 1. The predicted molar refractivity (Wildman–Crippen MR) is 73.8 cm³/mol. The summed E-state index contributed by atoms with van der Waals surface area (Å²) in [5, 5.41) is 3.43. The van der Waals surface area contributed by atoms with Gasteiger partial charge in [-0.3, -0.25) is 0 Å². The van der Waals surface area contributed by atoms with Crippen LogP contribution in [-0.4, -0.2) is 23.1 Å². The molecule has 4 nitrogen and oxygen atoms in total. The number of ether oxygens (including phenoxy) is 1. The molecule has 0 bridgehead atoms. The average molecular weight is 273 g/mol. The van der Waals surface area contributed by atoms with Gasteiger partial charge in [-0.25, -0.2) is 14.4 Å². The van der Waals surface area contributed by atoms with E-state index in [9.17, 15) is 4.39 Å². The van der Waals surface area contributed by atoms with Crippen molar-refractivity contribution < 1.29 is 9.13 Å². The average Bonchev–Trinajstić information content (AvgIpc) is 3.30. The molecule has 0 saturated heterocycles. The van der Waals surface area contributed by atoms with Gasteiger partial charge in [-0.1, -0.05) is 6.07 Å². The number of rotatable bonds is 5. The third kappa shape index (κ3) is 2.77. The Bertz CT molecular complexity index is 614. The van der Waals surface area contributed by atoms with Crippen molar-refractivity contribution in [3.8, 4) is 17.1 Å². The quantitative estimate of drug-likeness (QED) is 0.909. The SMILES string of the molecule is COc1nccnc1-c1cc(F)ccc1CNC1CC1. The van der Waals surface area contributed by atoms with Crippen LogP contribution in [0.3, 0.4) is 0 Å². The first-order valence-corrected chi connectivity index (χ1v) is 6.65. The van der Waals surface area contributed by atoms with E-state index in [-0.39, 0.29) is 5.82 Å². The number of halogens is 1. The van der Waals surface area contributed by atoms with Gasteiger partial charge in [0.05, 0.1) is 7.11 Å². The van der Waals surface area contributed by atoms with E-state index >= 15 is 0 Å². The highest BCUT2D eigenvalue weighted by Crippen LogP contribution is 2.30. The summed E-state index contributed by atoms with van der Waals surface area (Å²) < 4.78 is 18.8. The van der Waals surface area contributed by atoms with Crippen LogP contribution in [0, 0.1) is 5.82 Å². The maximum atomic E-state index is 13.6. The van der Waals surface area contributed by atoms with Crippen LogP contribution in [0.25, 0.3) is 11.3 Å². The largest absolute Gasteiger partial charge is 0.479 e. The molecule has 1 aromatic heterocycles. The highest BCUT2D eigenvalue weighted by Gasteiger charge is 2.21. The number of nitrogens with zero attached hydrogens (tertiary/aromatic N) is 2. The van der Waals surface area contributed by atoms with Crippen LogP contribution in [-0.2, 0) is 6.54 Å². The summed E-state index contributed by atoms with van der Waals surface area (Å²) in [5.41, 5.74) is 2.29. The zero-order valence-electron chi connectivity index (χ0n) is 11.3. The second-order valence-corrected chi connectivity index (χ2v) is 4.87. The molecule has 3 rings (SSSR count). The summed E-state index contributed by atoms with van der Waals surface area (Å²) in [4.78, 5) is 8.41. The van der Waals surface area contributed by atoms with Crippen LogP contribution in [0.1, 0.15) is 18.4 Å². The van der Waals surface area contributed by atoms with Crippen molar-refractivity contribution in [1.29, 1.82) is 0 Å². The van der Waals surface area contributed by atoms with E-state index in [4.69, 9.17) is 4.74 Å². The van der Waals surface area contributed by atoms with Crippen molar-refractivity contribution in [2.45, 2.75) is 25.4 Å². The van der Waals surface area contributed by atoms with Gasteiger partial charge in [0.2, 0.25) is 5.88 Å². The maximum Gasteiger partial charge on any atom is 0.240 e. The summed E-state index contributed by atoms with van der Waals surface area (Å²) in [6, 6.07) is 5.33. The Labute approximate surface area is 117 Å². The smallest absolute Gasteiger partial charge is 0.240 e. The molecule has 20 heavy (non-hydrogen) atoms. The molecular formula is C15H16FN3O. The number of methoxy groups -OCH3 is 1. The van der Waals surface area contributed by atoms with Gasteiger partial charge in [-0.2, -0.15) is 0 Å². The van der Waals surface area contributed by atoms with Crippen molar-refractivity contribution in [3.05, 3.63) is 42.0 Å². The van der Waals surface area contributed by atoms with E-state index in [1.807, 2.05) is 0 Å². The van der Waals surface area contributed by atoms with E-state index in [2.05, 4.69) is 15.3 Å². The molecule has 5 heteroatoms. The van der Waals surface area contributed by atoms with Gasteiger partial charge in [0.25, 0.3) is 0 Å². The van der Waals surface area contributed by atoms with E-state index in [0.29, 0.717) is 24.2 Å². The summed E-state index contributed by atoms with van der Waals surface area (Å²) in [6.07, 6.45) is 5.57. The molecule has 0 spiro atoms. The third-order valence-corrected chi connectivity index (χ3v) is 3.34. The first kappa shape index (κ1) is 13.0. The minimum absolute atomic E-state index is 0.289. The van der Waals surface area contributed by atoms with Crippen molar-refractivity contribution in [2.24, 2.45) is 0 Å². The second kappa shape index (κ2) is 5.54. The lowest BCUT2D eigenvalue weighted by Gasteiger charge is -2.12. The van der Waals surface area contributed by atoms with Crippen LogP contribution >= 0.6 is 0 Å². The minimum Gasteiger partial charge on any atom is -0.479 e. The fraction of sp³-hybridized carbons (Fsp3) is 0.333. The molecule has 1 fully saturated rings. The molecule has 0 amide bonds. The van der Waals surface area contributed by atoms with Crippen molar-refractivity contribution >= 4 is 0 Å². The molecule has 1 saturated carbocycles. The predicted octanol–water partition coefficient (Wildman–Crippen LogP) is 2.54. The molecule has 0 unspecified atom stereocenters. The van der Waals surface area contributed by atoms with E-state index in [1.54, 1.807) is 18.5 Å². The van der Waals surface area contributed by atoms with E-state index in [0.717, 1.165) is 11.1 Å². The molecule has 0 radical (unpaired) electrons. The summed E-state index contributed by atoms with van der Waals surface area (Å²) in [5.74, 6) is 0.119. The highest BCUT2D eigenvalue weighted by molar-refractivity contribution is 5.68. The van der Waals surface area contributed by atoms with Crippen LogP contribution in [0.4, 0.5) is 4.39 Å². The molecule has 1 aliphatic carbocycles. The molecule has 1 aliphatic rings. The minimum atomic E-state index is -0.289. The third-order valence-electron chi connectivity index (χ3n) is 3.34. The van der Waals surface area contributed by atoms with Gasteiger partial charge < -0.3 is 10.1 Å². The van der Waals surface area contributed by atoms with Crippen LogP contribution in [0.5, 0.6) is 5.88 Å². The summed E-state index contributed by atoms with van der Waals surface area (Å²) in [6.45, 7) is 0.694. The van der Waals surface area contributed by atoms with Gasteiger partial charge in [-0.05, 0) is 30.5 Å². The number of hydrogen-bond donors (Lipinski definition) is 1. The molecular weight excluding hydrogens is 257 g/mol. The van der Waals surface area contributed by atoms with Gasteiger partial charge in [-0.15, -0.1) is 0 Å². The molecule has 0 atom stereocenters. The Balaban J connectivity index is 1.98. The summed E-state index contributed by atoms with van der Waals surface area (Å²) >= 11 is 0. The number of nitrogens with one attached hydrogen (secondary N) is 1. The Morgan fingerprint density at radius 3 is 2.85 bits per heavy atom. The topological polar surface area (TPSA) is 47.0 Å². The van der Waals surface area contributed by atoms with Crippen molar-refractivity contribution in [3.63, 3.8) is 0 Å². The Morgan fingerprint density at radius 2 is 2.10 bits per heavy atom. The van der Waals surface area contributed by atoms with Crippen LogP contribution in [0.15, 0.2) is 30.6 Å². The van der Waals surface area contributed by atoms with Gasteiger partial charge in [0, 0.05) is 30.5 Å². The van der Waals surface area contributed by atoms with Gasteiger partial charge in [0.15, 0.2) is 0 Å². The fourth-order valence-electron chi connectivity index (χ4n) is 2.12. The first-order valence-electron chi connectivity index (χ1n) is 6.65. The summed E-state index contributed by atoms with van der Waals surface area (Å²) in [7, 11) is 1.54. The van der Waals surface area contributed by atoms with Gasteiger partial charge in [0.1, 0.15) is 11.5 Å². The number of aromatic nitrogens is 2. The molecule has 0 aliphatic heterocycles. The van der Waals surface area contributed by atoms with E-state index < -0.39 is 0 Å². The highest BCUT2D eigenvalue weighted by atomic mass is 19.1. The molecule has 2 aromatic rings.